The Morgan fingerprint density at radius 3 is 2.45 bits per heavy atom. The monoisotopic (exact) mass is 303 g/mol. The number of rotatable bonds is 6. The van der Waals surface area contributed by atoms with Crippen molar-refractivity contribution in [1.82, 2.24) is 0 Å². The van der Waals surface area contributed by atoms with Crippen molar-refractivity contribution < 1.29 is 11.0 Å². The Kier molecular flexibility index (Phi) is 6.17. The molecule has 1 aliphatic rings. The van der Waals surface area contributed by atoms with E-state index in [1.807, 2.05) is 19.1 Å². The van der Waals surface area contributed by atoms with Crippen molar-refractivity contribution in [3.8, 4) is 0 Å². The summed E-state index contributed by atoms with van der Waals surface area (Å²) in [6.45, 7) is 3.54. The molecule has 1 aliphatic carbocycles. The van der Waals surface area contributed by atoms with Crippen molar-refractivity contribution in [2.24, 2.45) is 0 Å². The first-order valence-electron chi connectivity index (χ1n) is 8.57. The van der Waals surface area contributed by atoms with Crippen molar-refractivity contribution in [3.63, 3.8) is 0 Å². The fourth-order valence-corrected chi connectivity index (χ4v) is 3.29. The molecule has 3 nitrogen and oxygen atoms in total. The molecule has 2 rings (SSSR count). The number of anilines is 1. The van der Waals surface area contributed by atoms with E-state index in [0.717, 1.165) is 24.9 Å². The van der Waals surface area contributed by atoms with Crippen LogP contribution in [0.1, 0.15) is 87.4 Å². The van der Waals surface area contributed by atoms with Gasteiger partial charge < -0.3 is 5.32 Å². The summed E-state index contributed by atoms with van der Waals surface area (Å²) >= 11 is 0. The third-order valence-electron chi connectivity index (χ3n) is 4.41. The summed E-state index contributed by atoms with van der Waals surface area (Å²) in [5.74, 6) is 0.0355. The number of carbonyl (C=O) groups excluding carboxylic acids is 2. The quantitative estimate of drug-likeness (QED) is 0.576. The van der Waals surface area contributed by atoms with Gasteiger partial charge in [-0.3, -0.25) is 9.59 Å². The Balaban J connectivity index is 0.00000264. The molecule has 1 aromatic carbocycles. The highest BCUT2D eigenvalue weighted by atomic mass is 16.1. The van der Waals surface area contributed by atoms with Crippen LogP contribution in [0.15, 0.2) is 18.2 Å². The average molecular weight is 303 g/mol. The van der Waals surface area contributed by atoms with E-state index in [4.69, 9.17) is 0 Å². The lowest BCUT2D eigenvalue weighted by Crippen LogP contribution is -2.21. The lowest BCUT2D eigenvalue weighted by atomic mass is 9.96. The number of carbonyl (C=O) groups is 2. The molecule has 1 aromatic rings. The van der Waals surface area contributed by atoms with Gasteiger partial charge in [0.2, 0.25) is 0 Å². The molecule has 3 heteroatoms. The normalized spacial score (nSPS) is 16.1. The molecule has 0 radical (unpaired) electrons. The van der Waals surface area contributed by atoms with Crippen molar-refractivity contribution in [1.29, 1.82) is 0 Å². The first-order valence-corrected chi connectivity index (χ1v) is 8.57. The standard InChI is InChI=1S/C19H27NO2.H2/c1-3-9-18(22)16-12-8-13-17(19(16)14(2)21)20-15-10-6-4-5-7-11-15;/h8,12-13,15,20H,3-7,9-11H2,1-2H3;1H. The van der Waals surface area contributed by atoms with Gasteiger partial charge in [0.25, 0.3) is 0 Å². The molecule has 0 unspecified atom stereocenters. The van der Waals surface area contributed by atoms with Crippen LogP contribution in [0, 0.1) is 0 Å². The molecule has 0 amide bonds. The van der Waals surface area contributed by atoms with Gasteiger partial charge in [-0.25, -0.2) is 0 Å². The zero-order valence-corrected chi connectivity index (χ0v) is 13.8. The van der Waals surface area contributed by atoms with Crippen LogP contribution in [-0.4, -0.2) is 17.6 Å². The molecule has 0 saturated heterocycles. The smallest absolute Gasteiger partial charge is 0.163 e. The third-order valence-corrected chi connectivity index (χ3v) is 4.41. The van der Waals surface area contributed by atoms with Crippen LogP contribution in [0.5, 0.6) is 0 Å². The predicted octanol–water partition coefficient (Wildman–Crippen LogP) is 5.25. The van der Waals surface area contributed by atoms with Gasteiger partial charge >= 0.3 is 0 Å². The summed E-state index contributed by atoms with van der Waals surface area (Å²) in [5, 5.41) is 3.54. The Labute approximate surface area is 135 Å². The first kappa shape index (κ1) is 16.7. The maximum Gasteiger partial charge on any atom is 0.163 e. The second-order valence-electron chi connectivity index (χ2n) is 6.29. The highest BCUT2D eigenvalue weighted by molar-refractivity contribution is 6.11. The average Bonchev–Trinajstić information content (AvgIpc) is 2.75. The van der Waals surface area contributed by atoms with E-state index in [0.29, 0.717) is 23.6 Å². The lowest BCUT2D eigenvalue weighted by Gasteiger charge is -2.20. The maximum atomic E-state index is 12.3. The zero-order chi connectivity index (χ0) is 15.9. The van der Waals surface area contributed by atoms with E-state index < -0.39 is 0 Å². The molecule has 1 N–H and O–H groups in total. The zero-order valence-electron chi connectivity index (χ0n) is 13.8. The summed E-state index contributed by atoms with van der Waals surface area (Å²) in [5.41, 5.74) is 1.99. The highest BCUT2D eigenvalue weighted by Gasteiger charge is 2.20. The van der Waals surface area contributed by atoms with Crippen molar-refractivity contribution in [3.05, 3.63) is 29.3 Å². The number of benzene rings is 1. The van der Waals surface area contributed by atoms with Crippen LogP contribution in [0.4, 0.5) is 5.69 Å². The van der Waals surface area contributed by atoms with E-state index in [2.05, 4.69) is 5.32 Å². The van der Waals surface area contributed by atoms with Gasteiger partial charge in [0.05, 0.1) is 5.56 Å². The Morgan fingerprint density at radius 1 is 1.18 bits per heavy atom. The second kappa shape index (κ2) is 8.11. The molecule has 0 heterocycles. The number of hydrogen-bond acceptors (Lipinski definition) is 3. The Hall–Kier alpha value is -1.64. The SMILES string of the molecule is CCCC(=O)c1cccc(NC2CCCCCC2)c1C(C)=O.[HH]. The second-order valence-corrected chi connectivity index (χ2v) is 6.29. The fourth-order valence-electron chi connectivity index (χ4n) is 3.29. The minimum atomic E-state index is -0.0313. The molecule has 0 aliphatic heterocycles. The van der Waals surface area contributed by atoms with Gasteiger partial charge in [-0.05, 0) is 32.3 Å². The van der Waals surface area contributed by atoms with E-state index >= 15 is 0 Å². The van der Waals surface area contributed by atoms with Gasteiger partial charge in [0, 0.05) is 25.1 Å². The van der Waals surface area contributed by atoms with E-state index in [1.54, 1.807) is 13.0 Å². The molecule has 0 spiro atoms. The highest BCUT2D eigenvalue weighted by Crippen LogP contribution is 2.26. The predicted molar refractivity (Wildman–Crippen MR) is 92.9 cm³/mol. The van der Waals surface area contributed by atoms with Gasteiger partial charge in [0.1, 0.15) is 0 Å². The van der Waals surface area contributed by atoms with Gasteiger partial charge in [-0.2, -0.15) is 0 Å². The first-order chi connectivity index (χ1) is 10.6. The van der Waals surface area contributed by atoms with Crippen LogP contribution < -0.4 is 5.32 Å². The fraction of sp³-hybridized carbons (Fsp3) is 0.579. The van der Waals surface area contributed by atoms with Crippen LogP contribution in [0.25, 0.3) is 0 Å². The molecule has 0 aromatic heterocycles. The van der Waals surface area contributed by atoms with Gasteiger partial charge in [-0.1, -0.05) is 44.7 Å². The van der Waals surface area contributed by atoms with Crippen molar-refractivity contribution in [2.45, 2.75) is 71.3 Å². The number of nitrogens with one attached hydrogen (secondary N) is 1. The van der Waals surface area contributed by atoms with Crippen LogP contribution in [0.3, 0.4) is 0 Å². The lowest BCUT2D eigenvalue weighted by molar-refractivity contribution is 0.0961. The summed E-state index contributed by atoms with van der Waals surface area (Å²) in [6, 6.07) is 6.02. The molecular formula is C19H29NO2. The summed E-state index contributed by atoms with van der Waals surface area (Å²) in [6.07, 6.45) is 8.65. The number of hydrogen-bond donors (Lipinski definition) is 1. The molecule has 1 saturated carbocycles. The minimum absolute atomic E-state index is 0. The van der Waals surface area contributed by atoms with Gasteiger partial charge in [-0.15, -0.1) is 0 Å². The number of Topliss-reactive ketones (excluding diaryl/α,β-unsaturated/α-hetero) is 2. The Morgan fingerprint density at radius 2 is 1.86 bits per heavy atom. The topological polar surface area (TPSA) is 46.2 Å². The largest absolute Gasteiger partial charge is 0.382 e. The maximum absolute atomic E-state index is 12.3. The van der Waals surface area contributed by atoms with Crippen LogP contribution in [-0.2, 0) is 0 Å². The Bertz CT molecular complexity index is 534. The van der Waals surface area contributed by atoms with E-state index in [1.165, 1.54) is 25.7 Å². The molecule has 1 fully saturated rings. The van der Waals surface area contributed by atoms with Crippen molar-refractivity contribution in [2.75, 3.05) is 5.32 Å². The van der Waals surface area contributed by atoms with Gasteiger partial charge in [0.15, 0.2) is 11.6 Å². The van der Waals surface area contributed by atoms with E-state index in [-0.39, 0.29) is 13.0 Å². The van der Waals surface area contributed by atoms with Crippen LogP contribution in [0.2, 0.25) is 0 Å². The summed E-state index contributed by atoms with van der Waals surface area (Å²) < 4.78 is 0. The molecular weight excluding hydrogens is 274 g/mol. The molecule has 122 valence electrons. The molecule has 22 heavy (non-hydrogen) atoms. The van der Waals surface area contributed by atoms with E-state index in [9.17, 15) is 9.59 Å². The molecule has 0 bridgehead atoms. The third kappa shape index (κ3) is 4.19. The summed E-state index contributed by atoms with van der Waals surface area (Å²) in [7, 11) is 0. The van der Waals surface area contributed by atoms with Crippen molar-refractivity contribution >= 4 is 17.3 Å². The number of ketones is 2. The minimum Gasteiger partial charge on any atom is -0.382 e. The molecule has 0 atom stereocenters. The van der Waals surface area contributed by atoms with Crippen LogP contribution >= 0.6 is 0 Å². The summed E-state index contributed by atoms with van der Waals surface area (Å²) in [4.78, 5) is 24.4.